The molecule has 2 rings (SSSR count). The van der Waals surface area contributed by atoms with E-state index in [0.29, 0.717) is 32.5 Å². The molecule has 1 aromatic rings. The summed E-state index contributed by atoms with van der Waals surface area (Å²) in [6.45, 7) is 9.75. The lowest BCUT2D eigenvalue weighted by Gasteiger charge is -2.15. The van der Waals surface area contributed by atoms with E-state index in [1.807, 2.05) is 25.3 Å². The Hall–Kier alpha value is -2.89. The van der Waals surface area contributed by atoms with Crippen molar-refractivity contribution < 1.29 is 27.1 Å². The minimum atomic E-state index is -3.99. The molecule has 11 heteroatoms. The van der Waals surface area contributed by atoms with Gasteiger partial charge < -0.3 is 16.0 Å². The van der Waals surface area contributed by atoms with Gasteiger partial charge in [0.2, 0.25) is 17.5 Å². The maximum atomic E-state index is 11.7. The largest absolute Gasteiger partial charge is 0.355 e. The second-order valence-corrected chi connectivity index (χ2v) is 12.3. The molecule has 1 aliphatic rings. The summed E-state index contributed by atoms with van der Waals surface area (Å²) in [5.41, 5.74) is 3.19. The molecule has 1 aliphatic heterocycles. The van der Waals surface area contributed by atoms with Crippen LogP contribution < -0.4 is 16.0 Å². The third kappa shape index (κ3) is 12.7. The zero-order valence-electron chi connectivity index (χ0n) is 24.8. The molecule has 10 nitrogen and oxygen atoms in total. The maximum Gasteiger partial charge on any atom is 0.265 e. The summed E-state index contributed by atoms with van der Waals surface area (Å²) in [4.78, 5) is 27.6. The fraction of sp³-hybridized carbons (Fsp3) is 0.600. The van der Waals surface area contributed by atoms with Gasteiger partial charge in [-0.2, -0.15) is 13.0 Å². The van der Waals surface area contributed by atoms with Crippen molar-refractivity contribution in [3.63, 3.8) is 0 Å². The monoisotopic (exact) mass is 590 g/mol. The van der Waals surface area contributed by atoms with Gasteiger partial charge in [0.05, 0.1) is 17.7 Å². The molecule has 1 aromatic carbocycles. The number of hydrogen-bond acceptors (Lipinski definition) is 6. The average molecular weight is 591 g/mol. The first-order valence-corrected chi connectivity index (χ1v) is 16.3. The molecule has 0 radical (unpaired) electrons. The molecular weight excluding hydrogens is 542 g/mol. The van der Waals surface area contributed by atoms with E-state index >= 15 is 0 Å². The summed E-state index contributed by atoms with van der Waals surface area (Å²) in [5, 5.41) is 8.67. The van der Waals surface area contributed by atoms with Crippen molar-refractivity contribution >= 4 is 39.5 Å². The van der Waals surface area contributed by atoms with Crippen LogP contribution in [0.25, 0.3) is 0 Å². The number of rotatable bonds is 20. The number of nitrogens with zero attached hydrogens (tertiary/aromatic N) is 2. The van der Waals surface area contributed by atoms with Crippen LogP contribution in [0.5, 0.6) is 0 Å². The van der Waals surface area contributed by atoms with Crippen LogP contribution in [0.1, 0.15) is 71.3 Å². The lowest BCUT2D eigenvalue weighted by Crippen LogP contribution is -2.36. The molecule has 1 heterocycles. The van der Waals surface area contributed by atoms with Gasteiger partial charge in [-0.25, -0.2) is 0 Å². The standard InChI is InChI=1S/C30H47N5O5S/c1-4-33-29(37)24-34-28(36)17-6-5-10-18-31-20-12-21-32-19-11-9-16-27-30(2,3)25-14-7-8-15-26(25)35(27)22-13-23-41(38,39)40/h7-9,14-16,21,31H,4-6,10-13,17-20,22-24H2,1-3H3,(H2-,33,34,36,37,38,39,40)/p+1. The zero-order chi connectivity index (χ0) is 30.1. The lowest BCUT2D eigenvalue weighted by molar-refractivity contribution is -0.437. The number of aliphatic imine (C=N–C) groups is 1. The fourth-order valence-electron chi connectivity index (χ4n) is 4.84. The Morgan fingerprint density at radius 2 is 1.80 bits per heavy atom. The van der Waals surface area contributed by atoms with Crippen molar-refractivity contribution in [1.82, 2.24) is 16.0 Å². The lowest BCUT2D eigenvalue weighted by atomic mass is 9.81. The molecule has 0 aromatic heterocycles. The Morgan fingerprint density at radius 3 is 2.56 bits per heavy atom. The average Bonchev–Trinajstić information content (AvgIpc) is 3.13. The number of carbonyl (C=O) groups excluding carboxylic acids is 2. The summed E-state index contributed by atoms with van der Waals surface area (Å²) in [5.74, 6) is -0.505. The number of amides is 2. The van der Waals surface area contributed by atoms with Crippen LogP contribution in [0.3, 0.4) is 0 Å². The first kappa shape index (κ1) is 34.3. The highest BCUT2D eigenvalue weighted by Gasteiger charge is 2.43. The van der Waals surface area contributed by atoms with Crippen molar-refractivity contribution in [3.8, 4) is 0 Å². The second kappa shape index (κ2) is 17.8. The normalized spacial score (nSPS) is 14.6. The number of allylic oxidation sites excluding steroid dienone is 1. The molecule has 4 N–H and O–H groups in total. The van der Waals surface area contributed by atoms with E-state index in [1.54, 1.807) is 0 Å². The number of nitrogens with one attached hydrogen (secondary N) is 3. The first-order chi connectivity index (χ1) is 19.6. The van der Waals surface area contributed by atoms with Crippen molar-refractivity contribution in [3.05, 3.63) is 42.0 Å². The summed E-state index contributed by atoms with van der Waals surface area (Å²) in [6.07, 6.45) is 11.4. The highest BCUT2D eigenvalue weighted by atomic mass is 32.2. The van der Waals surface area contributed by atoms with E-state index in [1.165, 1.54) is 5.56 Å². The Balaban J connectivity index is 1.64. The molecule has 41 heavy (non-hydrogen) atoms. The van der Waals surface area contributed by atoms with Gasteiger partial charge in [0, 0.05) is 50.2 Å². The number of hydrogen-bond donors (Lipinski definition) is 4. The van der Waals surface area contributed by atoms with E-state index in [-0.39, 0.29) is 29.5 Å². The summed E-state index contributed by atoms with van der Waals surface area (Å²) in [6, 6.07) is 8.18. The highest BCUT2D eigenvalue weighted by molar-refractivity contribution is 7.85. The van der Waals surface area contributed by atoms with Crippen LogP contribution in [0.2, 0.25) is 0 Å². The Labute approximate surface area is 245 Å². The van der Waals surface area contributed by atoms with Gasteiger partial charge >= 0.3 is 0 Å². The number of para-hydroxylation sites is 1. The number of likely N-dealkylation sites (N-methyl/N-ethyl adjacent to an activating group) is 1. The smallest absolute Gasteiger partial charge is 0.265 e. The van der Waals surface area contributed by atoms with Gasteiger partial charge in [0.15, 0.2) is 5.71 Å². The summed E-state index contributed by atoms with van der Waals surface area (Å²) >= 11 is 0. The molecule has 2 amide bonds. The summed E-state index contributed by atoms with van der Waals surface area (Å²) in [7, 11) is -3.99. The van der Waals surface area contributed by atoms with Gasteiger partial charge in [-0.3, -0.25) is 19.1 Å². The van der Waals surface area contributed by atoms with Crippen molar-refractivity contribution in [2.45, 2.75) is 71.1 Å². The number of carbonyl (C=O) groups is 2. The molecule has 0 bridgehead atoms. The van der Waals surface area contributed by atoms with E-state index in [9.17, 15) is 18.0 Å². The van der Waals surface area contributed by atoms with Crippen LogP contribution in [-0.2, 0) is 25.1 Å². The van der Waals surface area contributed by atoms with E-state index in [2.05, 4.69) is 63.7 Å². The van der Waals surface area contributed by atoms with Crippen LogP contribution in [0, 0.1) is 0 Å². The summed E-state index contributed by atoms with van der Waals surface area (Å²) < 4.78 is 33.7. The molecular formula is C30H48N5O5S+. The SMILES string of the molecule is CCNC(=O)CNC(=O)CCCCCNCCC=NCCC=CC1=[N+](CCCS(=O)(=O)O)c2ccccc2C1(C)C. The van der Waals surface area contributed by atoms with Crippen molar-refractivity contribution in [1.29, 1.82) is 0 Å². The molecule has 0 saturated heterocycles. The van der Waals surface area contributed by atoms with Gasteiger partial charge in [-0.15, -0.1) is 0 Å². The van der Waals surface area contributed by atoms with Crippen LogP contribution >= 0.6 is 0 Å². The van der Waals surface area contributed by atoms with E-state index in [4.69, 9.17) is 4.55 Å². The number of fused-ring (bicyclic) bond motifs is 1. The molecule has 0 unspecified atom stereocenters. The van der Waals surface area contributed by atoms with Crippen molar-refractivity contribution in [2.75, 3.05) is 45.0 Å². The fourth-order valence-corrected chi connectivity index (χ4v) is 5.34. The number of benzene rings is 1. The second-order valence-electron chi connectivity index (χ2n) is 10.7. The van der Waals surface area contributed by atoms with Gasteiger partial charge in [0.1, 0.15) is 6.54 Å². The quantitative estimate of drug-likeness (QED) is 0.0796. The van der Waals surface area contributed by atoms with Gasteiger partial charge in [-0.05, 0) is 59.2 Å². The first-order valence-electron chi connectivity index (χ1n) is 14.6. The predicted octanol–water partition coefficient (Wildman–Crippen LogP) is 3.15. The van der Waals surface area contributed by atoms with Crippen LogP contribution in [0.15, 0.2) is 41.4 Å². The topological polar surface area (TPSA) is 140 Å². The van der Waals surface area contributed by atoms with Crippen molar-refractivity contribution in [2.24, 2.45) is 4.99 Å². The third-order valence-corrected chi connectivity index (χ3v) is 7.75. The Bertz CT molecular complexity index is 1190. The minimum absolute atomic E-state index is 0.0408. The van der Waals surface area contributed by atoms with Gasteiger partial charge in [0.25, 0.3) is 10.1 Å². The minimum Gasteiger partial charge on any atom is -0.355 e. The Morgan fingerprint density at radius 1 is 1.02 bits per heavy atom. The predicted molar refractivity (Wildman–Crippen MR) is 165 cm³/mol. The third-order valence-electron chi connectivity index (χ3n) is 6.94. The van der Waals surface area contributed by atoms with Crippen LogP contribution in [0.4, 0.5) is 5.69 Å². The molecule has 0 spiro atoms. The molecule has 228 valence electrons. The molecule has 0 aliphatic carbocycles. The Kier molecular flexibility index (Phi) is 14.9. The maximum absolute atomic E-state index is 11.7. The van der Waals surface area contributed by atoms with E-state index in [0.717, 1.165) is 56.6 Å². The van der Waals surface area contributed by atoms with Gasteiger partial charge in [-0.1, -0.05) is 30.7 Å². The van der Waals surface area contributed by atoms with Crippen LogP contribution in [-0.4, -0.2) is 86.3 Å². The molecule has 0 atom stereocenters. The van der Waals surface area contributed by atoms with E-state index < -0.39 is 10.1 Å². The molecule has 0 saturated carbocycles. The zero-order valence-corrected chi connectivity index (χ0v) is 25.6. The highest BCUT2D eigenvalue weighted by Crippen LogP contribution is 2.39. The number of unbranched alkanes of at least 4 members (excludes halogenated alkanes) is 2. The molecule has 0 fully saturated rings.